The van der Waals surface area contributed by atoms with E-state index in [1.807, 2.05) is 19.1 Å². The summed E-state index contributed by atoms with van der Waals surface area (Å²) in [6, 6.07) is 17.1. The summed E-state index contributed by atoms with van der Waals surface area (Å²) >= 11 is 0. The Morgan fingerprint density at radius 2 is 1.62 bits per heavy atom. The maximum atomic E-state index is 13.9. The highest BCUT2D eigenvalue weighted by molar-refractivity contribution is 5.64. The summed E-state index contributed by atoms with van der Waals surface area (Å²) in [5.74, 6) is 2.16. The molecule has 2 nitrogen and oxygen atoms in total. The number of alkyl halides is 1. The molecule has 198 valence electrons. The van der Waals surface area contributed by atoms with Gasteiger partial charge in [0.15, 0.2) is 11.6 Å². The van der Waals surface area contributed by atoms with Crippen molar-refractivity contribution in [1.82, 2.24) is 0 Å². The Kier molecular flexibility index (Phi) is 10.1. The van der Waals surface area contributed by atoms with Crippen LogP contribution in [0.1, 0.15) is 62.5 Å². The molecule has 2 aromatic rings. The van der Waals surface area contributed by atoms with Gasteiger partial charge in [0.2, 0.25) is 0 Å². The van der Waals surface area contributed by atoms with Gasteiger partial charge in [-0.15, -0.1) is 6.58 Å². The van der Waals surface area contributed by atoms with E-state index in [4.69, 9.17) is 9.47 Å². The third kappa shape index (κ3) is 7.41. The number of benzene rings is 2. The molecule has 0 bridgehead atoms. The Balaban J connectivity index is 1.33. The highest BCUT2D eigenvalue weighted by Gasteiger charge is 2.35. The van der Waals surface area contributed by atoms with Crippen LogP contribution >= 0.6 is 0 Å². The molecule has 2 aliphatic rings. The topological polar surface area (TPSA) is 18.5 Å². The fourth-order valence-corrected chi connectivity index (χ4v) is 5.97. The molecule has 0 aromatic heterocycles. The molecule has 4 heteroatoms. The van der Waals surface area contributed by atoms with Crippen LogP contribution in [-0.2, 0) is 16.1 Å². The predicted molar refractivity (Wildman–Crippen MR) is 148 cm³/mol. The number of allylic oxidation sites excluding steroid dienone is 3. The molecule has 37 heavy (non-hydrogen) atoms. The molecule has 0 spiro atoms. The van der Waals surface area contributed by atoms with Crippen molar-refractivity contribution in [2.45, 2.75) is 58.0 Å². The van der Waals surface area contributed by atoms with Gasteiger partial charge in [0.1, 0.15) is 13.3 Å². The van der Waals surface area contributed by atoms with Crippen molar-refractivity contribution in [2.75, 3.05) is 19.9 Å². The Labute approximate surface area is 221 Å². The van der Waals surface area contributed by atoms with E-state index in [-0.39, 0.29) is 12.4 Å². The van der Waals surface area contributed by atoms with Gasteiger partial charge in [-0.05, 0) is 97.5 Å². The predicted octanol–water partition coefficient (Wildman–Crippen LogP) is 9.10. The number of fused-ring (bicyclic) bond motifs is 1. The number of rotatable bonds is 11. The minimum absolute atomic E-state index is 0.0929. The van der Waals surface area contributed by atoms with E-state index in [1.165, 1.54) is 55.7 Å². The highest BCUT2D eigenvalue weighted by atomic mass is 19.2. The van der Waals surface area contributed by atoms with Crippen LogP contribution in [-0.4, -0.2) is 19.9 Å². The Morgan fingerprint density at radius 3 is 2.30 bits per heavy atom. The van der Waals surface area contributed by atoms with Crippen molar-refractivity contribution >= 4 is 0 Å². The highest BCUT2D eigenvalue weighted by Crippen LogP contribution is 2.47. The van der Waals surface area contributed by atoms with Crippen molar-refractivity contribution in [1.29, 1.82) is 0 Å². The third-order valence-electron chi connectivity index (χ3n) is 8.12. The van der Waals surface area contributed by atoms with E-state index >= 15 is 0 Å². The van der Waals surface area contributed by atoms with Gasteiger partial charge in [-0.1, -0.05) is 60.7 Å². The lowest BCUT2D eigenvalue weighted by Gasteiger charge is -2.41. The van der Waals surface area contributed by atoms with E-state index in [0.717, 1.165) is 28.9 Å². The molecule has 4 unspecified atom stereocenters. The van der Waals surface area contributed by atoms with E-state index in [2.05, 4.69) is 49.1 Å². The van der Waals surface area contributed by atoms with Gasteiger partial charge in [0, 0.05) is 6.61 Å². The van der Waals surface area contributed by atoms with Crippen molar-refractivity contribution in [3.05, 3.63) is 96.1 Å². The van der Waals surface area contributed by atoms with Gasteiger partial charge in [-0.3, -0.25) is 0 Å². The quantitative estimate of drug-likeness (QED) is 0.131. The number of halogens is 2. The van der Waals surface area contributed by atoms with Gasteiger partial charge in [0.25, 0.3) is 0 Å². The molecule has 4 rings (SSSR count). The van der Waals surface area contributed by atoms with E-state index in [1.54, 1.807) is 6.08 Å². The minimum atomic E-state index is -1.19. The summed E-state index contributed by atoms with van der Waals surface area (Å²) in [6.45, 7) is 5.76. The lowest BCUT2D eigenvalue weighted by molar-refractivity contribution is 0.133. The average molecular weight is 507 g/mol. The van der Waals surface area contributed by atoms with Crippen molar-refractivity contribution in [3.63, 3.8) is 0 Å². The van der Waals surface area contributed by atoms with Crippen molar-refractivity contribution in [2.24, 2.45) is 17.8 Å². The summed E-state index contributed by atoms with van der Waals surface area (Å²) in [4.78, 5) is 0. The minimum Gasteiger partial charge on any atom is -0.486 e. The van der Waals surface area contributed by atoms with E-state index in [9.17, 15) is 8.78 Å². The van der Waals surface area contributed by atoms with Gasteiger partial charge < -0.3 is 9.47 Å². The molecule has 0 saturated heterocycles. The molecule has 2 aromatic carbocycles. The van der Waals surface area contributed by atoms with Gasteiger partial charge in [0.05, 0.1) is 6.61 Å². The lowest BCUT2D eigenvalue weighted by atomic mass is 9.64. The maximum Gasteiger partial charge on any atom is 0.173 e. The van der Waals surface area contributed by atoms with Crippen LogP contribution in [0.5, 0.6) is 0 Å². The molecule has 0 amide bonds. The summed E-state index contributed by atoms with van der Waals surface area (Å²) in [5, 5.41) is 0. The van der Waals surface area contributed by atoms with E-state index < -0.39 is 12.5 Å². The Morgan fingerprint density at radius 1 is 0.946 bits per heavy atom. The molecule has 2 aliphatic carbocycles. The summed E-state index contributed by atoms with van der Waals surface area (Å²) in [7, 11) is 0. The molecule has 2 fully saturated rings. The first kappa shape index (κ1) is 27.3. The zero-order chi connectivity index (χ0) is 26.0. The molecule has 0 radical (unpaired) electrons. The summed E-state index contributed by atoms with van der Waals surface area (Å²) in [5.41, 5.74) is 4.67. The van der Waals surface area contributed by atoms with Crippen LogP contribution in [0.2, 0.25) is 0 Å². The lowest BCUT2D eigenvalue weighted by Crippen LogP contribution is -2.29. The molecular formula is C33H40F2O2. The van der Waals surface area contributed by atoms with Crippen LogP contribution in [0, 0.1) is 17.8 Å². The number of hydrogen-bond donors (Lipinski definition) is 0. The maximum absolute atomic E-state index is 13.9. The molecule has 2 saturated carbocycles. The van der Waals surface area contributed by atoms with Crippen LogP contribution in [0.3, 0.4) is 0 Å². The molecular weight excluding hydrogens is 466 g/mol. The van der Waals surface area contributed by atoms with Gasteiger partial charge in [-0.25, -0.2) is 8.78 Å². The zero-order valence-electron chi connectivity index (χ0n) is 22.0. The van der Waals surface area contributed by atoms with Gasteiger partial charge in [-0.2, -0.15) is 0 Å². The Hall–Kier alpha value is -2.72. The van der Waals surface area contributed by atoms with Crippen LogP contribution < -0.4 is 0 Å². The normalized spacial score (nSPS) is 24.4. The van der Waals surface area contributed by atoms with Crippen LogP contribution in [0.25, 0.3) is 11.1 Å². The Bertz CT molecular complexity index is 1050. The van der Waals surface area contributed by atoms with Crippen molar-refractivity contribution in [3.8, 4) is 11.1 Å². The average Bonchev–Trinajstić information content (AvgIpc) is 2.96. The second-order valence-corrected chi connectivity index (χ2v) is 10.4. The first-order chi connectivity index (χ1) is 18.1. The third-order valence-corrected chi connectivity index (χ3v) is 8.12. The summed E-state index contributed by atoms with van der Waals surface area (Å²) in [6.07, 6.45) is 13.2. The largest absolute Gasteiger partial charge is 0.486 e. The van der Waals surface area contributed by atoms with Crippen LogP contribution in [0.15, 0.2) is 84.9 Å². The fourth-order valence-electron chi connectivity index (χ4n) is 5.97. The van der Waals surface area contributed by atoms with Crippen molar-refractivity contribution < 1.29 is 18.3 Å². The van der Waals surface area contributed by atoms with E-state index in [0.29, 0.717) is 19.1 Å². The number of hydrogen-bond acceptors (Lipinski definition) is 2. The SMILES string of the molecule is C=CC1CCC2CC(c3ccc(-c4ccc(COC(/C=C\COCC)=C(\F)CF)cc4)cc3)CCC2C1. The summed E-state index contributed by atoms with van der Waals surface area (Å²) < 4.78 is 37.5. The zero-order valence-corrected chi connectivity index (χ0v) is 22.0. The molecule has 0 aliphatic heterocycles. The smallest absolute Gasteiger partial charge is 0.173 e. The molecule has 0 N–H and O–H groups in total. The molecule has 0 heterocycles. The second-order valence-electron chi connectivity index (χ2n) is 10.4. The standard InChI is InChI=1S/C33H40F2O2/c1-3-24-7-12-31-21-30(18-17-29(31)20-24)28-15-13-27(14-16-28)26-10-8-25(9-11-26)23-37-33(32(35)22-34)6-5-19-36-4-2/h3,5-6,8-11,13-16,24,29-31H,1,4,7,12,17-23H2,2H3/b6-5-,33-32-. The van der Waals surface area contributed by atoms with Crippen LogP contribution in [0.4, 0.5) is 8.78 Å². The number of ether oxygens (including phenoxy) is 2. The van der Waals surface area contributed by atoms with Gasteiger partial charge >= 0.3 is 0 Å². The fraction of sp³-hybridized carbons (Fsp3) is 0.455. The monoisotopic (exact) mass is 506 g/mol. The molecule has 4 atom stereocenters. The second kappa shape index (κ2) is 13.7. The first-order valence-electron chi connectivity index (χ1n) is 13.7. The first-order valence-corrected chi connectivity index (χ1v) is 13.7.